The van der Waals surface area contributed by atoms with Crippen LogP contribution in [0.15, 0.2) is 6.20 Å². The van der Waals surface area contributed by atoms with E-state index < -0.39 is 28.9 Å². The number of imidazole rings is 1. The van der Waals surface area contributed by atoms with Crippen molar-refractivity contribution in [2.24, 2.45) is 0 Å². The summed E-state index contributed by atoms with van der Waals surface area (Å²) in [4.78, 5) is 53.4. The maximum absolute atomic E-state index is 12.4. The van der Waals surface area contributed by atoms with E-state index in [4.69, 9.17) is 18.9 Å². The summed E-state index contributed by atoms with van der Waals surface area (Å²) in [6, 6.07) is 0. The number of hydrogen-bond acceptors (Lipinski definition) is 13. The number of nitrogens with zero attached hydrogens (tertiary/aromatic N) is 5. The predicted octanol–water partition coefficient (Wildman–Crippen LogP) is 3.57. The summed E-state index contributed by atoms with van der Waals surface area (Å²) in [7, 11) is 6.46. The van der Waals surface area contributed by atoms with E-state index in [-0.39, 0.29) is 38.7 Å². The zero-order chi connectivity index (χ0) is 28.0. The van der Waals surface area contributed by atoms with Crippen molar-refractivity contribution in [1.82, 2.24) is 19.4 Å². The van der Waals surface area contributed by atoms with Gasteiger partial charge >= 0.3 is 24.2 Å². The molecule has 0 bridgehead atoms. The van der Waals surface area contributed by atoms with E-state index in [2.05, 4.69) is 4.98 Å². The zero-order valence-corrected chi connectivity index (χ0v) is 23.6. The standard InChI is InChI=1S/C21H35N5O9S2/c1-16-22-15-17(26(30)31)24(16)9-10-33-20(29)34-12-14-37-36-13-11-32-18(27)25(8-7-23(5)6)19(28)35-21(2,3)4/h15H,7-14H2,1-6H3. The van der Waals surface area contributed by atoms with E-state index in [0.717, 1.165) is 11.1 Å². The van der Waals surface area contributed by atoms with E-state index in [9.17, 15) is 24.5 Å². The van der Waals surface area contributed by atoms with Crippen molar-refractivity contribution in [3.05, 3.63) is 22.1 Å². The Kier molecular flexibility index (Phi) is 14.1. The molecule has 0 aliphatic carbocycles. The van der Waals surface area contributed by atoms with Crippen LogP contribution >= 0.6 is 21.6 Å². The van der Waals surface area contributed by atoms with Gasteiger partial charge in [0.25, 0.3) is 0 Å². The van der Waals surface area contributed by atoms with Crippen molar-refractivity contribution in [3.63, 3.8) is 0 Å². The van der Waals surface area contributed by atoms with Gasteiger partial charge < -0.3 is 34.0 Å². The SMILES string of the molecule is Cc1ncc([N+](=O)[O-])n1CCOC(=O)OCCSSCCOC(=O)N(CCN(C)C)C(=O)OC(C)(C)C. The molecule has 0 saturated carbocycles. The van der Waals surface area contributed by atoms with Crippen molar-refractivity contribution in [2.45, 2.75) is 39.8 Å². The Balaban J connectivity index is 2.22. The molecule has 0 atom stereocenters. The van der Waals surface area contributed by atoms with Crippen molar-refractivity contribution in [1.29, 1.82) is 0 Å². The molecule has 1 heterocycles. The van der Waals surface area contributed by atoms with Crippen LogP contribution in [0.5, 0.6) is 0 Å². The van der Waals surface area contributed by atoms with Crippen LogP contribution in [-0.2, 0) is 25.5 Å². The molecule has 210 valence electrons. The first-order valence-electron chi connectivity index (χ1n) is 11.3. The molecule has 0 unspecified atom stereocenters. The number of likely N-dealkylation sites (N-methyl/N-ethyl adjacent to an activating group) is 1. The van der Waals surface area contributed by atoms with E-state index >= 15 is 0 Å². The van der Waals surface area contributed by atoms with Crippen LogP contribution in [0, 0.1) is 17.0 Å². The summed E-state index contributed by atoms with van der Waals surface area (Å²) in [6.07, 6.45) is -1.26. The summed E-state index contributed by atoms with van der Waals surface area (Å²) in [5.74, 6) is 1.18. The van der Waals surface area contributed by atoms with Gasteiger partial charge in [0.1, 0.15) is 38.2 Å². The number of nitro groups is 1. The maximum Gasteiger partial charge on any atom is 0.508 e. The van der Waals surface area contributed by atoms with Gasteiger partial charge in [0.15, 0.2) is 5.82 Å². The fraction of sp³-hybridized carbons (Fsp3) is 0.714. The number of hydrogen-bond donors (Lipinski definition) is 0. The Labute approximate surface area is 223 Å². The van der Waals surface area contributed by atoms with Gasteiger partial charge in [-0.3, -0.25) is 0 Å². The minimum absolute atomic E-state index is 0.0838. The fourth-order valence-electron chi connectivity index (χ4n) is 2.53. The summed E-state index contributed by atoms with van der Waals surface area (Å²) in [6.45, 7) is 7.52. The Morgan fingerprint density at radius 1 is 1.03 bits per heavy atom. The molecule has 1 aromatic heterocycles. The lowest BCUT2D eigenvalue weighted by Crippen LogP contribution is -2.44. The first kappa shape index (κ1) is 32.3. The van der Waals surface area contributed by atoms with Crippen molar-refractivity contribution in [2.75, 3.05) is 58.5 Å². The van der Waals surface area contributed by atoms with Gasteiger partial charge in [0, 0.05) is 31.5 Å². The number of aryl methyl sites for hydroxylation is 1. The molecular weight excluding hydrogens is 530 g/mol. The molecule has 37 heavy (non-hydrogen) atoms. The number of rotatable bonds is 14. The quantitative estimate of drug-likeness (QED) is 0.0806. The number of imide groups is 1. The Bertz CT molecular complexity index is 905. The molecular formula is C21H35N5O9S2. The molecule has 16 heteroatoms. The largest absolute Gasteiger partial charge is 0.508 e. The molecule has 14 nitrogen and oxygen atoms in total. The maximum atomic E-state index is 12.4. The Morgan fingerprint density at radius 3 is 2.19 bits per heavy atom. The normalized spacial score (nSPS) is 11.2. The minimum atomic E-state index is -0.875. The highest BCUT2D eigenvalue weighted by molar-refractivity contribution is 8.76. The highest BCUT2D eigenvalue weighted by Crippen LogP contribution is 2.20. The van der Waals surface area contributed by atoms with Crippen LogP contribution in [0.1, 0.15) is 26.6 Å². The van der Waals surface area contributed by atoms with Crippen molar-refractivity contribution >= 4 is 45.7 Å². The number of ether oxygens (including phenoxy) is 4. The second-order valence-electron chi connectivity index (χ2n) is 8.71. The number of carbonyl (C=O) groups is 3. The second kappa shape index (κ2) is 16.2. The molecule has 1 aromatic rings. The molecule has 0 aliphatic heterocycles. The summed E-state index contributed by atoms with van der Waals surface area (Å²) >= 11 is 0. The molecule has 0 spiro atoms. The lowest BCUT2D eigenvalue weighted by molar-refractivity contribution is -0.392. The molecule has 0 N–H and O–H groups in total. The van der Waals surface area contributed by atoms with Crippen LogP contribution in [0.2, 0.25) is 0 Å². The van der Waals surface area contributed by atoms with Crippen LogP contribution in [0.3, 0.4) is 0 Å². The second-order valence-corrected chi connectivity index (χ2v) is 11.4. The van der Waals surface area contributed by atoms with Gasteiger partial charge in [0.2, 0.25) is 0 Å². The minimum Gasteiger partial charge on any atom is -0.448 e. The van der Waals surface area contributed by atoms with Crippen LogP contribution < -0.4 is 0 Å². The molecule has 0 aromatic carbocycles. The van der Waals surface area contributed by atoms with E-state index in [1.54, 1.807) is 27.7 Å². The topological polar surface area (TPSA) is 156 Å². The molecule has 0 fully saturated rings. The third-order valence-electron chi connectivity index (χ3n) is 4.22. The summed E-state index contributed by atoms with van der Waals surface area (Å²) < 4.78 is 21.7. The predicted molar refractivity (Wildman–Crippen MR) is 139 cm³/mol. The van der Waals surface area contributed by atoms with E-state index in [1.807, 2.05) is 19.0 Å². The fourth-order valence-corrected chi connectivity index (χ4v) is 4.19. The van der Waals surface area contributed by atoms with Gasteiger partial charge in [-0.1, -0.05) is 21.6 Å². The third kappa shape index (κ3) is 13.4. The van der Waals surface area contributed by atoms with Crippen LogP contribution in [0.4, 0.5) is 20.2 Å². The average molecular weight is 566 g/mol. The highest BCUT2D eigenvalue weighted by Gasteiger charge is 2.28. The van der Waals surface area contributed by atoms with E-state index in [0.29, 0.717) is 23.9 Å². The van der Waals surface area contributed by atoms with Crippen molar-refractivity contribution < 1.29 is 38.3 Å². The van der Waals surface area contributed by atoms with Gasteiger partial charge in [-0.15, -0.1) is 0 Å². The first-order valence-corrected chi connectivity index (χ1v) is 13.8. The molecule has 0 saturated heterocycles. The smallest absolute Gasteiger partial charge is 0.448 e. The number of carbonyl (C=O) groups excluding carboxylic acids is 3. The van der Waals surface area contributed by atoms with Gasteiger partial charge in [-0.05, 0) is 39.8 Å². The number of amides is 2. The molecule has 0 aliphatic rings. The lowest BCUT2D eigenvalue weighted by Gasteiger charge is -2.26. The monoisotopic (exact) mass is 565 g/mol. The van der Waals surface area contributed by atoms with Crippen LogP contribution in [-0.4, -0.2) is 107 Å². The highest BCUT2D eigenvalue weighted by atomic mass is 33.1. The van der Waals surface area contributed by atoms with Gasteiger partial charge in [0.05, 0.1) is 0 Å². The Hall–Kier alpha value is -2.72. The van der Waals surface area contributed by atoms with E-state index in [1.165, 1.54) is 26.2 Å². The third-order valence-corrected chi connectivity index (χ3v) is 6.56. The number of aromatic nitrogens is 2. The Morgan fingerprint density at radius 2 is 1.62 bits per heavy atom. The zero-order valence-electron chi connectivity index (χ0n) is 22.0. The van der Waals surface area contributed by atoms with Gasteiger partial charge in [-0.25, -0.2) is 28.8 Å². The average Bonchev–Trinajstić information content (AvgIpc) is 3.14. The van der Waals surface area contributed by atoms with Gasteiger partial charge in [-0.2, -0.15) is 0 Å². The van der Waals surface area contributed by atoms with Crippen LogP contribution in [0.25, 0.3) is 0 Å². The molecule has 2 amide bonds. The lowest BCUT2D eigenvalue weighted by atomic mass is 10.2. The summed E-state index contributed by atoms with van der Waals surface area (Å²) in [5, 5.41) is 10.9. The first-order chi connectivity index (χ1) is 17.3. The molecule has 0 radical (unpaired) electrons. The summed E-state index contributed by atoms with van der Waals surface area (Å²) in [5.41, 5.74) is -0.742. The molecule has 1 rings (SSSR count). The van der Waals surface area contributed by atoms with Crippen molar-refractivity contribution in [3.8, 4) is 0 Å².